The fraction of sp³-hybridized carbons (Fsp3) is 0.312. The second-order valence-electron chi connectivity index (χ2n) is 5.77. The summed E-state index contributed by atoms with van der Waals surface area (Å²) in [4.78, 5) is 14.2. The molecule has 0 bridgehead atoms. The van der Waals surface area contributed by atoms with Gasteiger partial charge in [-0.15, -0.1) is 10.2 Å². The van der Waals surface area contributed by atoms with Crippen LogP contribution in [0.4, 0.5) is 0 Å². The average molecular weight is 325 g/mol. The van der Waals surface area contributed by atoms with Gasteiger partial charge in [0.25, 0.3) is 5.91 Å². The summed E-state index contributed by atoms with van der Waals surface area (Å²) < 4.78 is 1.76. The molecule has 124 valence electrons. The van der Waals surface area contributed by atoms with Crippen LogP contribution in [0.15, 0.2) is 42.7 Å². The summed E-state index contributed by atoms with van der Waals surface area (Å²) in [7, 11) is 1.76. The first kappa shape index (κ1) is 15.9. The lowest BCUT2D eigenvalue weighted by Gasteiger charge is -2.19. The number of nitrogens with one attached hydrogen (secondary N) is 1. The number of hydrogen-bond donors (Lipinski definition) is 1. The molecule has 1 atom stereocenters. The highest BCUT2D eigenvalue weighted by molar-refractivity contribution is 5.93. The Morgan fingerprint density at radius 1 is 1.33 bits per heavy atom. The van der Waals surface area contributed by atoms with Gasteiger partial charge in [0.1, 0.15) is 0 Å². The highest BCUT2D eigenvalue weighted by Gasteiger charge is 2.19. The average Bonchev–Trinajstić information content (AvgIpc) is 3.27. The largest absolute Gasteiger partial charge is 0.341 e. The van der Waals surface area contributed by atoms with Crippen LogP contribution in [0, 0.1) is 0 Å². The number of aromatic amines is 1. The first-order chi connectivity index (χ1) is 11.6. The van der Waals surface area contributed by atoms with Crippen molar-refractivity contribution < 1.29 is 4.79 Å². The van der Waals surface area contributed by atoms with Crippen LogP contribution in [0.1, 0.15) is 34.6 Å². The maximum Gasteiger partial charge on any atom is 0.256 e. The zero-order chi connectivity index (χ0) is 16.9. The smallest absolute Gasteiger partial charge is 0.256 e. The van der Waals surface area contributed by atoms with Crippen molar-refractivity contribution in [2.24, 2.45) is 0 Å². The molecule has 0 spiro atoms. The molecule has 1 N–H and O–H groups in total. The van der Waals surface area contributed by atoms with Crippen molar-refractivity contribution in [2.75, 3.05) is 13.6 Å². The molecule has 0 fully saturated rings. The van der Waals surface area contributed by atoms with Crippen LogP contribution in [0.25, 0.3) is 0 Å². The van der Waals surface area contributed by atoms with Gasteiger partial charge in [0.05, 0.1) is 18.3 Å². The Bertz CT molecular complexity index is 782. The van der Waals surface area contributed by atoms with Gasteiger partial charge in [-0.2, -0.15) is 10.3 Å². The normalized spacial score (nSPS) is 12.1. The van der Waals surface area contributed by atoms with E-state index in [9.17, 15) is 4.79 Å². The number of likely N-dealkylation sites (N-methyl/N-ethyl adjacent to an activating group) is 1. The maximum atomic E-state index is 12.5. The van der Waals surface area contributed by atoms with Crippen molar-refractivity contribution >= 4 is 5.91 Å². The highest BCUT2D eigenvalue weighted by Crippen LogP contribution is 2.12. The number of tetrazole rings is 1. The first-order valence-corrected chi connectivity index (χ1v) is 7.68. The number of benzene rings is 1. The summed E-state index contributed by atoms with van der Waals surface area (Å²) in [6.07, 6.45) is 3.37. The second-order valence-corrected chi connectivity index (χ2v) is 5.77. The molecule has 1 unspecified atom stereocenters. The summed E-state index contributed by atoms with van der Waals surface area (Å²) >= 11 is 0. The molecule has 3 aromatic rings. The van der Waals surface area contributed by atoms with Crippen molar-refractivity contribution in [2.45, 2.75) is 19.4 Å². The predicted octanol–water partition coefficient (Wildman–Crippen LogP) is 1.32. The van der Waals surface area contributed by atoms with Crippen LogP contribution in [-0.4, -0.2) is 54.8 Å². The molecular weight excluding hydrogens is 306 g/mol. The molecule has 8 nitrogen and oxygen atoms in total. The minimum atomic E-state index is -0.0790. The number of hydrogen-bond acceptors (Lipinski definition) is 5. The number of nitrogens with zero attached hydrogens (tertiary/aromatic N) is 6. The predicted molar refractivity (Wildman–Crippen MR) is 87.3 cm³/mol. The summed E-state index contributed by atoms with van der Waals surface area (Å²) in [5.41, 5.74) is 1.70. The molecule has 8 heteroatoms. The molecule has 0 aliphatic carbocycles. The summed E-state index contributed by atoms with van der Waals surface area (Å²) in [5.74, 6) is 0.510. The van der Waals surface area contributed by atoms with Crippen molar-refractivity contribution in [3.05, 3.63) is 59.7 Å². The van der Waals surface area contributed by atoms with E-state index in [0.29, 0.717) is 24.5 Å². The zero-order valence-electron chi connectivity index (χ0n) is 13.6. The van der Waals surface area contributed by atoms with Gasteiger partial charge in [0.2, 0.25) is 0 Å². The van der Waals surface area contributed by atoms with E-state index in [-0.39, 0.29) is 11.8 Å². The van der Waals surface area contributed by atoms with Crippen LogP contribution in [0.5, 0.6) is 0 Å². The van der Waals surface area contributed by atoms with Gasteiger partial charge in [0, 0.05) is 25.7 Å². The lowest BCUT2D eigenvalue weighted by atomic mass is 10.1. The highest BCUT2D eigenvalue weighted by atomic mass is 16.2. The molecule has 3 rings (SSSR count). The van der Waals surface area contributed by atoms with Gasteiger partial charge < -0.3 is 4.90 Å². The number of H-pyrrole nitrogens is 1. The molecule has 0 aliphatic rings. The van der Waals surface area contributed by atoms with E-state index >= 15 is 0 Å². The van der Waals surface area contributed by atoms with Gasteiger partial charge in [-0.25, -0.2) is 0 Å². The molecule has 0 saturated carbocycles. The Hall–Kier alpha value is -3.03. The summed E-state index contributed by atoms with van der Waals surface area (Å²) in [6.45, 7) is 3.09. The number of aromatic nitrogens is 6. The summed E-state index contributed by atoms with van der Waals surface area (Å²) in [5, 5.41) is 18.1. The molecular formula is C16H19N7O. The van der Waals surface area contributed by atoms with E-state index in [1.54, 1.807) is 29.0 Å². The molecule has 0 radical (unpaired) electrons. The van der Waals surface area contributed by atoms with Gasteiger partial charge >= 0.3 is 0 Å². The van der Waals surface area contributed by atoms with E-state index in [1.165, 1.54) is 0 Å². The summed E-state index contributed by atoms with van der Waals surface area (Å²) in [6, 6.07) is 10.0. The van der Waals surface area contributed by atoms with Crippen LogP contribution >= 0.6 is 0 Å². The molecule has 1 amide bonds. The molecule has 0 aliphatic heterocycles. The number of rotatable bonds is 6. The number of amides is 1. The van der Waals surface area contributed by atoms with Gasteiger partial charge in [-0.05, 0) is 5.56 Å². The van der Waals surface area contributed by atoms with Crippen molar-refractivity contribution in [1.82, 2.24) is 35.3 Å². The van der Waals surface area contributed by atoms with Gasteiger partial charge in [0.15, 0.2) is 5.82 Å². The molecule has 24 heavy (non-hydrogen) atoms. The molecule has 1 aromatic carbocycles. The maximum absolute atomic E-state index is 12.5. The van der Waals surface area contributed by atoms with Crippen molar-refractivity contribution in [3.8, 4) is 0 Å². The third kappa shape index (κ3) is 3.65. The Morgan fingerprint density at radius 3 is 2.83 bits per heavy atom. The third-order valence-corrected chi connectivity index (χ3v) is 3.76. The third-order valence-electron chi connectivity index (χ3n) is 3.76. The molecule has 0 saturated heterocycles. The lowest BCUT2D eigenvalue weighted by Crippen LogP contribution is -2.30. The Labute approximate surface area is 139 Å². The van der Waals surface area contributed by atoms with E-state index in [4.69, 9.17) is 0 Å². The molecule has 2 heterocycles. The monoisotopic (exact) mass is 325 g/mol. The molecule has 2 aromatic heterocycles. The van der Waals surface area contributed by atoms with E-state index in [2.05, 4.69) is 25.7 Å². The Balaban J connectivity index is 1.62. The van der Waals surface area contributed by atoms with Crippen LogP contribution in [0.3, 0.4) is 0 Å². The number of carbonyl (C=O) groups is 1. The van der Waals surface area contributed by atoms with Gasteiger partial charge in [-0.1, -0.05) is 42.5 Å². The SMILES string of the molecule is CC(CN(C)C(=O)c1cnn(Cc2ccccc2)c1)c1nn[nH]n1. The second kappa shape index (κ2) is 7.03. The van der Waals surface area contributed by atoms with Gasteiger partial charge in [-0.3, -0.25) is 9.48 Å². The first-order valence-electron chi connectivity index (χ1n) is 7.68. The van der Waals surface area contributed by atoms with E-state index < -0.39 is 0 Å². The lowest BCUT2D eigenvalue weighted by molar-refractivity contribution is 0.0787. The Kier molecular flexibility index (Phi) is 4.64. The topological polar surface area (TPSA) is 92.6 Å². The minimum absolute atomic E-state index is 0.00272. The van der Waals surface area contributed by atoms with E-state index in [1.807, 2.05) is 37.3 Å². The Morgan fingerprint density at radius 2 is 2.12 bits per heavy atom. The van der Waals surface area contributed by atoms with Crippen LogP contribution in [-0.2, 0) is 6.54 Å². The van der Waals surface area contributed by atoms with Crippen LogP contribution in [0.2, 0.25) is 0 Å². The van der Waals surface area contributed by atoms with Crippen molar-refractivity contribution in [1.29, 1.82) is 0 Å². The fourth-order valence-corrected chi connectivity index (χ4v) is 2.50. The standard InChI is InChI=1S/C16H19N7O/c1-12(15-18-20-21-19-15)9-22(2)16(24)14-8-17-23(11-14)10-13-6-4-3-5-7-13/h3-8,11-12H,9-10H2,1-2H3,(H,18,19,20,21). The number of carbonyl (C=O) groups excluding carboxylic acids is 1. The zero-order valence-corrected chi connectivity index (χ0v) is 13.6. The quantitative estimate of drug-likeness (QED) is 0.738. The van der Waals surface area contributed by atoms with Crippen molar-refractivity contribution in [3.63, 3.8) is 0 Å². The van der Waals surface area contributed by atoms with Crippen LogP contribution < -0.4 is 0 Å². The van der Waals surface area contributed by atoms with E-state index in [0.717, 1.165) is 5.56 Å². The minimum Gasteiger partial charge on any atom is -0.341 e. The fourth-order valence-electron chi connectivity index (χ4n) is 2.50.